The van der Waals surface area contributed by atoms with Gasteiger partial charge in [0.15, 0.2) is 9.84 Å². The van der Waals surface area contributed by atoms with E-state index in [0.717, 1.165) is 11.9 Å². The van der Waals surface area contributed by atoms with Gasteiger partial charge in [-0.1, -0.05) is 12.2 Å². The number of pyridine rings is 1. The fourth-order valence-corrected chi connectivity index (χ4v) is 2.45. The van der Waals surface area contributed by atoms with Crippen LogP contribution in [0.15, 0.2) is 41.3 Å². The molecule has 0 radical (unpaired) electrons. The number of benzene rings is 1. The van der Waals surface area contributed by atoms with Crippen molar-refractivity contribution in [2.75, 3.05) is 6.26 Å². The summed E-state index contributed by atoms with van der Waals surface area (Å²) in [6, 6.07) is 9.59. The molecule has 0 fully saturated rings. The van der Waals surface area contributed by atoms with Gasteiger partial charge in [-0.15, -0.1) is 0 Å². The first-order valence-corrected chi connectivity index (χ1v) is 8.33. The zero-order chi connectivity index (χ0) is 15.6. The summed E-state index contributed by atoms with van der Waals surface area (Å²) in [7, 11) is -3.23. The van der Waals surface area contributed by atoms with Crippen LogP contribution in [0.4, 0.5) is 0 Å². The van der Waals surface area contributed by atoms with Crippen molar-refractivity contribution >= 4 is 27.0 Å². The number of rotatable bonds is 4. The number of nitrogens with two attached hydrogens (primary N) is 1. The van der Waals surface area contributed by atoms with Crippen molar-refractivity contribution in [2.45, 2.75) is 11.8 Å². The molecule has 1 heterocycles. The Hall–Kier alpha value is -1.99. The third kappa shape index (κ3) is 3.77. The fourth-order valence-electron chi connectivity index (χ4n) is 1.66. The van der Waals surface area contributed by atoms with Gasteiger partial charge in [-0.2, -0.15) is 0 Å². The van der Waals surface area contributed by atoms with E-state index in [1.165, 1.54) is 12.1 Å². The SMILES string of the molecule is Cc1ccc(C(N)=S)c(Oc2ccc(S(C)(=O)=O)cc2)n1. The highest BCUT2D eigenvalue weighted by atomic mass is 32.2. The van der Waals surface area contributed by atoms with E-state index in [-0.39, 0.29) is 9.88 Å². The molecule has 0 aliphatic heterocycles. The highest BCUT2D eigenvalue weighted by molar-refractivity contribution is 7.90. The number of ether oxygens (including phenoxy) is 1. The van der Waals surface area contributed by atoms with E-state index >= 15 is 0 Å². The molecule has 2 N–H and O–H groups in total. The first-order chi connectivity index (χ1) is 9.77. The standard InChI is InChI=1S/C14H14N2O3S2/c1-9-3-8-12(13(15)20)14(16-9)19-10-4-6-11(7-5-10)21(2,17)18/h3-8H,1-2H3,(H2,15,20). The molecule has 2 aromatic rings. The van der Waals surface area contributed by atoms with Gasteiger partial charge < -0.3 is 10.5 Å². The Morgan fingerprint density at radius 3 is 2.33 bits per heavy atom. The van der Waals surface area contributed by atoms with Crippen LogP contribution < -0.4 is 10.5 Å². The van der Waals surface area contributed by atoms with Crippen molar-refractivity contribution < 1.29 is 13.2 Å². The fraction of sp³-hybridized carbons (Fsp3) is 0.143. The molecule has 5 nitrogen and oxygen atoms in total. The molecule has 1 aromatic heterocycles. The van der Waals surface area contributed by atoms with Crippen LogP contribution in [-0.2, 0) is 9.84 Å². The second-order valence-electron chi connectivity index (χ2n) is 4.52. The molecule has 0 unspecified atom stereocenters. The maximum Gasteiger partial charge on any atom is 0.229 e. The Morgan fingerprint density at radius 1 is 1.19 bits per heavy atom. The predicted octanol–water partition coefficient (Wildman–Crippen LogP) is 2.22. The quantitative estimate of drug-likeness (QED) is 0.869. The Balaban J connectivity index is 2.34. The molecule has 0 amide bonds. The summed E-state index contributed by atoms with van der Waals surface area (Å²) in [4.78, 5) is 4.66. The lowest BCUT2D eigenvalue weighted by atomic mass is 10.2. The minimum absolute atomic E-state index is 0.185. The van der Waals surface area contributed by atoms with Crippen molar-refractivity contribution in [2.24, 2.45) is 5.73 Å². The van der Waals surface area contributed by atoms with Gasteiger partial charge in [0, 0.05) is 11.9 Å². The molecule has 0 atom stereocenters. The molecule has 2 rings (SSSR count). The molecular weight excluding hydrogens is 308 g/mol. The Kier molecular flexibility index (Phi) is 4.24. The average molecular weight is 322 g/mol. The molecule has 0 aliphatic carbocycles. The van der Waals surface area contributed by atoms with E-state index in [1.54, 1.807) is 24.3 Å². The minimum atomic E-state index is -3.23. The van der Waals surface area contributed by atoms with Crippen LogP contribution in [0, 0.1) is 6.92 Å². The normalized spacial score (nSPS) is 11.1. The summed E-state index contributed by atoms with van der Waals surface area (Å²) in [5.74, 6) is 0.757. The van der Waals surface area contributed by atoms with E-state index in [1.807, 2.05) is 6.92 Å². The molecular formula is C14H14N2O3S2. The van der Waals surface area contributed by atoms with Gasteiger partial charge >= 0.3 is 0 Å². The third-order valence-corrected chi connectivity index (χ3v) is 4.08. The molecule has 0 aliphatic rings. The van der Waals surface area contributed by atoms with Gasteiger partial charge in [0.25, 0.3) is 0 Å². The molecule has 7 heteroatoms. The number of hydrogen-bond acceptors (Lipinski definition) is 5. The van der Waals surface area contributed by atoms with Gasteiger partial charge in [-0.25, -0.2) is 13.4 Å². The van der Waals surface area contributed by atoms with Crippen molar-refractivity contribution in [3.8, 4) is 11.6 Å². The second-order valence-corrected chi connectivity index (χ2v) is 6.97. The van der Waals surface area contributed by atoms with Gasteiger partial charge in [0.05, 0.1) is 10.5 Å². The van der Waals surface area contributed by atoms with E-state index in [0.29, 0.717) is 17.2 Å². The second kappa shape index (κ2) is 5.79. The number of thiocarbonyl (C=S) groups is 1. The summed E-state index contributed by atoms with van der Waals surface area (Å²) >= 11 is 4.96. The van der Waals surface area contributed by atoms with Gasteiger partial charge in [-0.05, 0) is 43.3 Å². The summed E-state index contributed by atoms with van der Waals surface area (Å²) in [6.07, 6.45) is 1.15. The van der Waals surface area contributed by atoms with Crippen LogP contribution in [0.2, 0.25) is 0 Å². The topological polar surface area (TPSA) is 82.3 Å². The van der Waals surface area contributed by atoms with Crippen molar-refractivity contribution in [3.05, 3.63) is 47.7 Å². The van der Waals surface area contributed by atoms with Crippen LogP contribution in [-0.4, -0.2) is 24.6 Å². The maximum atomic E-state index is 11.4. The molecule has 0 saturated heterocycles. The highest BCUT2D eigenvalue weighted by Gasteiger charge is 2.11. The largest absolute Gasteiger partial charge is 0.438 e. The molecule has 1 aromatic carbocycles. The van der Waals surface area contributed by atoms with Crippen molar-refractivity contribution in [1.82, 2.24) is 4.98 Å². The summed E-state index contributed by atoms with van der Waals surface area (Å²) in [6.45, 7) is 1.82. The van der Waals surface area contributed by atoms with Crippen LogP contribution in [0.25, 0.3) is 0 Å². The van der Waals surface area contributed by atoms with Gasteiger partial charge in [0.2, 0.25) is 5.88 Å². The lowest BCUT2D eigenvalue weighted by Gasteiger charge is -2.10. The number of aryl methyl sites for hydroxylation is 1. The lowest BCUT2D eigenvalue weighted by Crippen LogP contribution is -2.12. The average Bonchev–Trinajstić information content (AvgIpc) is 2.38. The number of hydrogen-bond donors (Lipinski definition) is 1. The molecule has 110 valence electrons. The number of sulfone groups is 1. The molecule has 21 heavy (non-hydrogen) atoms. The van der Waals surface area contributed by atoms with Gasteiger partial charge in [0.1, 0.15) is 10.7 Å². The first-order valence-electron chi connectivity index (χ1n) is 6.03. The smallest absolute Gasteiger partial charge is 0.229 e. The van der Waals surface area contributed by atoms with E-state index < -0.39 is 9.84 Å². The Bertz CT molecular complexity index is 784. The minimum Gasteiger partial charge on any atom is -0.438 e. The predicted molar refractivity (Wildman–Crippen MR) is 84.5 cm³/mol. The molecule has 0 bridgehead atoms. The van der Waals surface area contributed by atoms with E-state index in [2.05, 4.69) is 4.98 Å². The van der Waals surface area contributed by atoms with Crippen LogP contribution in [0.1, 0.15) is 11.3 Å². The van der Waals surface area contributed by atoms with E-state index in [9.17, 15) is 8.42 Å². The lowest BCUT2D eigenvalue weighted by molar-refractivity contribution is 0.460. The van der Waals surface area contributed by atoms with Crippen molar-refractivity contribution in [1.29, 1.82) is 0 Å². The highest BCUT2D eigenvalue weighted by Crippen LogP contribution is 2.25. The Labute approximate surface area is 128 Å². The van der Waals surface area contributed by atoms with E-state index in [4.69, 9.17) is 22.7 Å². The van der Waals surface area contributed by atoms with Gasteiger partial charge in [-0.3, -0.25) is 0 Å². The van der Waals surface area contributed by atoms with Crippen molar-refractivity contribution in [3.63, 3.8) is 0 Å². The first kappa shape index (κ1) is 15.4. The van der Waals surface area contributed by atoms with Crippen LogP contribution in [0.3, 0.4) is 0 Å². The number of nitrogens with zero attached hydrogens (tertiary/aromatic N) is 1. The number of aromatic nitrogens is 1. The maximum absolute atomic E-state index is 11.4. The Morgan fingerprint density at radius 2 is 1.81 bits per heavy atom. The molecule has 0 spiro atoms. The monoisotopic (exact) mass is 322 g/mol. The van der Waals surface area contributed by atoms with Crippen LogP contribution >= 0.6 is 12.2 Å². The summed E-state index contributed by atoms with van der Waals surface area (Å²) in [5, 5.41) is 0. The third-order valence-electron chi connectivity index (χ3n) is 2.73. The molecule has 0 saturated carbocycles. The zero-order valence-corrected chi connectivity index (χ0v) is 13.2. The van der Waals surface area contributed by atoms with Crippen LogP contribution in [0.5, 0.6) is 11.6 Å². The summed E-state index contributed by atoms with van der Waals surface area (Å²) in [5.41, 5.74) is 6.92. The summed E-state index contributed by atoms with van der Waals surface area (Å²) < 4.78 is 28.5. The zero-order valence-electron chi connectivity index (χ0n) is 11.5.